The van der Waals surface area contributed by atoms with E-state index >= 15 is 0 Å². The van der Waals surface area contributed by atoms with Crippen LogP contribution in [0.4, 0.5) is 11.4 Å². The molecule has 1 saturated heterocycles. The quantitative estimate of drug-likeness (QED) is 0.610. The lowest BCUT2D eigenvalue weighted by Gasteiger charge is -2.16. The van der Waals surface area contributed by atoms with E-state index in [1.54, 1.807) is 67.9 Å². The number of carbonyl (C=O) groups excluding carboxylic acids is 1. The van der Waals surface area contributed by atoms with Crippen LogP contribution in [0.5, 0.6) is 5.75 Å². The number of hydrogen-bond acceptors (Lipinski definition) is 5. The molecule has 0 saturated carbocycles. The highest BCUT2D eigenvalue weighted by atomic mass is 35.5. The summed E-state index contributed by atoms with van der Waals surface area (Å²) in [5.74, 6) is 0.312. The first-order chi connectivity index (χ1) is 14.9. The van der Waals surface area contributed by atoms with Gasteiger partial charge < -0.3 is 10.1 Å². The van der Waals surface area contributed by atoms with E-state index < -0.39 is 10.2 Å². The molecule has 0 bridgehead atoms. The third-order valence-electron chi connectivity index (χ3n) is 4.77. The number of rotatable bonds is 5. The zero-order chi connectivity index (χ0) is 22.0. The number of hydrogen-bond donors (Lipinski definition) is 2. The molecule has 10 heteroatoms. The second-order valence-corrected chi connectivity index (χ2v) is 8.83. The summed E-state index contributed by atoms with van der Waals surface area (Å²) in [4.78, 5) is 17.0. The molecule has 0 atom stereocenters. The van der Waals surface area contributed by atoms with Crippen LogP contribution in [0.3, 0.4) is 0 Å². The van der Waals surface area contributed by atoms with Gasteiger partial charge in [-0.1, -0.05) is 11.6 Å². The van der Waals surface area contributed by atoms with E-state index in [0.717, 1.165) is 0 Å². The zero-order valence-corrected chi connectivity index (χ0v) is 18.1. The summed E-state index contributed by atoms with van der Waals surface area (Å²) in [5.41, 5.74) is 2.71. The molecule has 0 spiro atoms. The largest absolute Gasteiger partial charge is 0.497 e. The highest BCUT2D eigenvalue weighted by Crippen LogP contribution is 2.31. The highest BCUT2D eigenvalue weighted by Gasteiger charge is 2.27. The van der Waals surface area contributed by atoms with E-state index in [-0.39, 0.29) is 5.91 Å². The number of benzene rings is 2. The molecule has 2 aromatic carbocycles. The highest BCUT2D eigenvalue weighted by molar-refractivity contribution is 7.91. The Morgan fingerprint density at radius 2 is 1.94 bits per heavy atom. The maximum Gasteiger partial charge on any atom is 0.301 e. The van der Waals surface area contributed by atoms with E-state index in [2.05, 4.69) is 15.0 Å². The van der Waals surface area contributed by atoms with Crippen molar-refractivity contribution in [2.24, 2.45) is 0 Å². The minimum absolute atomic E-state index is 0.333. The van der Waals surface area contributed by atoms with Crippen molar-refractivity contribution >= 4 is 39.1 Å². The minimum atomic E-state index is -3.51. The number of aromatic nitrogens is 1. The Labute approximate surface area is 185 Å². The van der Waals surface area contributed by atoms with Crippen molar-refractivity contribution in [2.45, 2.75) is 0 Å². The fourth-order valence-electron chi connectivity index (χ4n) is 3.21. The maximum atomic E-state index is 12.7. The molecule has 3 aromatic rings. The lowest BCUT2D eigenvalue weighted by atomic mass is 10.1. The number of methoxy groups -OCH3 is 1. The van der Waals surface area contributed by atoms with Gasteiger partial charge in [0.2, 0.25) is 0 Å². The monoisotopic (exact) mass is 458 g/mol. The Balaban J connectivity index is 1.53. The molecule has 4 rings (SSSR count). The fraction of sp³-hybridized carbons (Fsp3) is 0.143. The van der Waals surface area contributed by atoms with Crippen molar-refractivity contribution in [3.8, 4) is 17.0 Å². The molecule has 8 nitrogen and oxygen atoms in total. The molecule has 160 valence electrons. The van der Waals surface area contributed by atoms with Crippen LogP contribution in [0.2, 0.25) is 5.02 Å². The van der Waals surface area contributed by atoms with E-state index in [4.69, 9.17) is 16.3 Å². The number of nitrogens with zero attached hydrogens (tertiary/aromatic N) is 2. The van der Waals surface area contributed by atoms with Gasteiger partial charge in [-0.3, -0.25) is 14.1 Å². The summed E-state index contributed by atoms with van der Waals surface area (Å²) < 4.78 is 32.8. The van der Waals surface area contributed by atoms with Gasteiger partial charge in [0.25, 0.3) is 5.91 Å². The van der Waals surface area contributed by atoms with Crippen LogP contribution < -0.4 is 19.1 Å². The number of halogens is 1. The van der Waals surface area contributed by atoms with E-state index in [1.807, 2.05) is 0 Å². The van der Waals surface area contributed by atoms with Crippen LogP contribution >= 0.6 is 11.6 Å². The first kappa shape index (κ1) is 21.1. The lowest BCUT2D eigenvalue weighted by Crippen LogP contribution is -2.29. The van der Waals surface area contributed by atoms with Crippen LogP contribution in [-0.2, 0) is 10.2 Å². The van der Waals surface area contributed by atoms with Gasteiger partial charge >= 0.3 is 10.2 Å². The average Bonchev–Trinajstić information content (AvgIpc) is 3.14. The topological polar surface area (TPSA) is 101 Å². The van der Waals surface area contributed by atoms with Gasteiger partial charge in [-0.15, -0.1) is 0 Å². The van der Waals surface area contributed by atoms with Crippen molar-refractivity contribution < 1.29 is 17.9 Å². The van der Waals surface area contributed by atoms with Crippen LogP contribution in [0.15, 0.2) is 60.8 Å². The number of nitrogens with one attached hydrogen (secondary N) is 2. The van der Waals surface area contributed by atoms with Crippen LogP contribution in [0.1, 0.15) is 10.4 Å². The van der Waals surface area contributed by atoms with Gasteiger partial charge in [0, 0.05) is 42.2 Å². The molecule has 1 fully saturated rings. The first-order valence-electron chi connectivity index (χ1n) is 9.36. The second-order valence-electron chi connectivity index (χ2n) is 6.75. The van der Waals surface area contributed by atoms with Gasteiger partial charge in [-0.2, -0.15) is 13.1 Å². The maximum absolute atomic E-state index is 12.7. The Morgan fingerprint density at radius 3 is 2.61 bits per heavy atom. The van der Waals surface area contributed by atoms with Gasteiger partial charge in [0.15, 0.2) is 0 Å². The van der Waals surface area contributed by atoms with Crippen molar-refractivity contribution in [1.82, 2.24) is 9.71 Å². The van der Waals surface area contributed by atoms with Gasteiger partial charge in [-0.25, -0.2) is 0 Å². The second kappa shape index (κ2) is 8.54. The number of ether oxygens (including phenoxy) is 1. The summed E-state index contributed by atoms with van der Waals surface area (Å²) >= 11 is 6.33. The number of amides is 1. The molecule has 2 N–H and O–H groups in total. The minimum Gasteiger partial charge on any atom is -0.497 e. The Morgan fingerprint density at radius 1 is 1.16 bits per heavy atom. The molecule has 1 amide bonds. The Bertz CT molecular complexity index is 1230. The smallest absolute Gasteiger partial charge is 0.301 e. The molecule has 1 aliphatic heterocycles. The number of anilines is 2. The van der Waals surface area contributed by atoms with Gasteiger partial charge in [-0.05, 0) is 48.5 Å². The SMILES string of the molecule is COc1ccnc(-c2cc(NC(=O)c3ccc(N4CCNS4(=O)=O)cc3)ccc2Cl)c1. The molecule has 2 heterocycles. The predicted octanol–water partition coefficient (Wildman–Crippen LogP) is 3.32. The van der Waals surface area contributed by atoms with Crippen LogP contribution in [0.25, 0.3) is 11.3 Å². The van der Waals surface area contributed by atoms with E-state index in [0.29, 0.717) is 52.1 Å². The molecule has 1 aromatic heterocycles. The van der Waals surface area contributed by atoms with E-state index in [9.17, 15) is 13.2 Å². The van der Waals surface area contributed by atoms with Gasteiger partial charge in [0.1, 0.15) is 5.75 Å². The molecule has 0 aliphatic carbocycles. The predicted molar refractivity (Wildman–Crippen MR) is 120 cm³/mol. The number of carbonyl (C=O) groups is 1. The standard InChI is InChI=1S/C21H19ClN4O4S/c1-30-17-8-9-23-20(13-17)18-12-15(4-7-19(18)22)25-21(27)14-2-5-16(6-3-14)26-11-10-24-31(26,28)29/h2-9,12-13,24H,10-11H2,1H3,(H,25,27). The van der Waals surface area contributed by atoms with Crippen molar-refractivity contribution in [2.75, 3.05) is 29.8 Å². The lowest BCUT2D eigenvalue weighted by molar-refractivity contribution is 0.102. The van der Waals surface area contributed by atoms with Crippen molar-refractivity contribution in [3.05, 3.63) is 71.4 Å². The van der Waals surface area contributed by atoms with Crippen LogP contribution in [-0.4, -0.2) is 39.5 Å². The summed E-state index contributed by atoms with van der Waals surface area (Å²) in [6, 6.07) is 15.0. The Hall–Kier alpha value is -3.14. The third kappa shape index (κ3) is 4.48. The normalized spacial score (nSPS) is 15.0. The molecule has 31 heavy (non-hydrogen) atoms. The third-order valence-corrected chi connectivity index (χ3v) is 6.65. The summed E-state index contributed by atoms with van der Waals surface area (Å²) in [5, 5.41) is 3.32. The summed E-state index contributed by atoms with van der Waals surface area (Å²) in [7, 11) is -1.94. The van der Waals surface area contributed by atoms with Crippen molar-refractivity contribution in [1.29, 1.82) is 0 Å². The molecule has 1 aliphatic rings. The molecule has 0 radical (unpaired) electrons. The summed E-state index contributed by atoms with van der Waals surface area (Å²) in [6.07, 6.45) is 1.62. The molecular weight excluding hydrogens is 440 g/mol. The van der Waals surface area contributed by atoms with Gasteiger partial charge in [0.05, 0.1) is 23.5 Å². The van der Waals surface area contributed by atoms with Crippen LogP contribution in [0, 0.1) is 0 Å². The first-order valence-corrected chi connectivity index (χ1v) is 11.2. The van der Waals surface area contributed by atoms with E-state index in [1.165, 1.54) is 4.31 Å². The fourth-order valence-corrected chi connectivity index (χ4v) is 4.66. The van der Waals surface area contributed by atoms with Crippen molar-refractivity contribution in [3.63, 3.8) is 0 Å². The Kier molecular flexibility index (Phi) is 5.81. The molecular formula is C21H19ClN4O4S. The summed E-state index contributed by atoms with van der Waals surface area (Å²) in [6.45, 7) is 0.700. The average molecular weight is 459 g/mol. The number of pyridine rings is 1. The zero-order valence-electron chi connectivity index (χ0n) is 16.5. The molecule has 0 unspecified atom stereocenters.